The van der Waals surface area contributed by atoms with Gasteiger partial charge in [-0.3, -0.25) is 14.6 Å². The lowest BCUT2D eigenvalue weighted by atomic mass is 9.96. The first-order valence-corrected chi connectivity index (χ1v) is 13.3. The second-order valence-corrected chi connectivity index (χ2v) is 10.5. The number of furan rings is 1. The number of rotatable bonds is 7. The summed E-state index contributed by atoms with van der Waals surface area (Å²) in [6, 6.07) is 19.6. The van der Waals surface area contributed by atoms with E-state index in [4.69, 9.17) is 18.9 Å². The van der Waals surface area contributed by atoms with Gasteiger partial charge in [0.2, 0.25) is 5.91 Å². The van der Waals surface area contributed by atoms with Crippen LogP contribution in [0.25, 0.3) is 10.2 Å². The van der Waals surface area contributed by atoms with Crippen molar-refractivity contribution in [3.63, 3.8) is 0 Å². The fourth-order valence-corrected chi connectivity index (χ4v) is 5.96. The number of benzene rings is 2. The first-order chi connectivity index (χ1) is 17.7. The molecule has 1 atom stereocenters. The molecule has 186 valence electrons. The molecule has 1 saturated heterocycles. The Morgan fingerprint density at radius 2 is 1.83 bits per heavy atom. The fraction of sp³-hybridized carbons (Fsp3) is 0.357. The first kappa shape index (κ1) is 23.1. The van der Waals surface area contributed by atoms with Gasteiger partial charge in [-0.2, -0.15) is 0 Å². The summed E-state index contributed by atoms with van der Waals surface area (Å²) in [5.41, 5.74) is 0.930. The summed E-state index contributed by atoms with van der Waals surface area (Å²) in [4.78, 5) is 22.5. The third kappa shape index (κ3) is 5.10. The highest BCUT2D eigenvalue weighted by atomic mass is 32.1. The molecule has 0 N–H and O–H groups in total. The van der Waals surface area contributed by atoms with Crippen molar-refractivity contribution in [2.75, 3.05) is 37.7 Å². The van der Waals surface area contributed by atoms with Gasteiger partial charge in [-0.15, -0.1) is 0 Å². The molecule has 2 aliphatic rings. The number of thiazole rings is 1. The van der Waals surface area contributed by atoms with E-state index >= 15 is 0 Å². The second-order valence-electron chi connectivity index (χ2n) is 9.47. The van der Waals surface area contributed by atoms with E-state index in [2.05, 4.69) is 11.0 Å². The minimum Gasteiger partial charge on any atom is -0.486 e. The molecule has 4 aromatic rings. The summed E-state index contributed by atoms with van der Waals surface area (Å²) in [5.74, 6) is 2.76. The van der Waals surface area contributed by atoms with Gasteiger partial charge in [0.15, 0.2) is 16.6 Å². The van der Waals surface area contributed by atoms with Gasteiger partial charge >= 0.3 is 0 Å². The standard InChI is InChI=1S/C28H29N3O4S/c32-27(16-21-6-5-15-33-21)31(28-29-23-7-1-4-10-26(23)36-28)17-20-11-13-30(14-12-20)18-22-19-34-24-8-2-3-9-25(24)35-22/h1-10,15,20,22H,11-14,16-19H2. The van der Waals surface area contributed by atoms with Crippen molar-refractivity contribution in [2.24, 2.45) is 5.92 Å². The highest BCUT2D eigenvalue weighted by Gasteiger charge is 2.29. The normalized spacial score (nSPS) is 18.4. The lowest BCUT2D eigenvalue weighted by Gasteiger charge is -2.36. The summed E-state index contributed by atoms with van der Waals surface area (Å²) >= 11 is 1.58. The maximum Gasteiger partial charge on any atom is 0.236 e. The van der Waals surface area contributed by atoms with Crippen molar-refractivity contribution in [2.45, 2.75) is 25.4 Å². The smallest absolute Gasteiger partial charge is 0.236 e. The summed E-state index contributed by atoms with van der Waals surface area (Å²) in [7, 11) is 0. The van der Waals surface area contributed by atoms with Crippen LogP contribution < -0.4 is 14.4 Å². The lowest BCUT2D eigenvalue weighted by Crippen LogP contribution is -2.46. The Balaban J connectivity index is 1.09. The third-order valence-corrected chi connectivity index (χ3v) is 7.96. The second kappa shape index (κ2) is 10.3. The predicted octanol–water partition coefficient (Wildman–Crippen LogP) is 5.02. The molecule has 1 fully saturated rings. The number of para-hydroxylation sites is 3. The van der Waals surface area contributed by atoms with Crippen LogP contribution in [0, 0.1) is 5.92 Å². The van der Waals surface area contributed by atoms with Crippen LogP contribution in [0.1, 0.15) is 18.6 Å². The largest absolute Gasteiger partial charge is 0.486 e. The average Bonchev–Trinajstić information content (AvgIpc) is 3.58. The maximum atomic E-state index is 13.4. The Morgan fingerprint density at radius 1 is 1.03 bits per heavy atom. The van der Waals surface area contributed by atoms with Gasteiger partial charge in [0.1, 0.15) is 18.5 Å². The van der Waals surface area contributed by atoms with Gasteiger partial charge in [-0.1, -0.05) is 35.6 Å². The molecule has 7 nitrogen and oxygen atoms in total. The van der Waals surface area contributed by atoms with Crippen molar-refractivity contribution in [3.05, 3.63) is 72.7 Å². The zero-order valence-corrected chi connectivity index (χ0v) is 20.9. The number of likely N-dealkylation sites (tertiary alicyclic amines) is 1. The highest BCUT2D eigenvalue weighted by molar-refractivity contribution is 7.22. The molecule has 0 saturated carbocycles. The monoisotopic (exact) mass is 503 g/mol. The molecule has 2 aromatic heterocycles. The minimum atomic E-state index is 0.0258. The predicted molar refractivity (Wildman–Crippen MR) is 140 cm³/mol. The summed E-state index contributed by atoms with van der Waals surface area (Å²) in [6.07, 6.45) is 3.94. The number of hydrogen-bond donors (Lipinski definition) is 0. The number of piperidine rings is 1. The zero-order chi connectivity index (χ0) is 24.3. The average molecular weight is 504 g/mol. The number of fused-ring (bicyclic) bond motifs is 2. The number of carbonyl (C=O) groups excluding carboxylic acids is 1. The molecule has 2 aromatic carbocycles. The number of nitrogens with zero attached hydrogens (tertiary/aromatic N) is 3. The molecule has 36 heavy (non-hydrogen) atoms. The van der Waals surface area contributed by atoms with E-state index in [9.17, 15) is 4.79 Å². The molecule has 0 spiro atoms. The van der Waals surface area contributed by atoms with Crippen LogP contribution >= 0.6 is 11.3 Å². The summed E-state index contributed by atoms with van der Waals surface area (Å²) in [6.45, 7) is 4.05. The number of carbonyl (C=O) groups is 1. The number of ether oxygens (including phenoxy) is 2. The van der Waals surface area contributed by atoms with Crippen LogP contribution in [-0.4, -0.2) is 54.7 Å². The van der Waals surface area contributed by atoms with Crippen molar-refractivity contribution >= 4 is 32.6 Å². The molecule has 0 aliphatic carbocycles. The van der Waals surface area contributed by atoms with Crippen LogP contribution in [0.4, 0.5) is 5.13 Å². The zero-order valence-electron chi connectivity index (χ0n) is 20.0. The summed E-state index contributed by atoms with van der Waals surface area (Å²) in [5, 5.41) is 0.765. The van der Waals surface area contributed by atoms with E-state index < -0.39 is 0 Å². The van der Waals surface area contributed by atoms with Gasteiger partial charge < -0.3 is 13.9 Å². The van der Waals surface area contributed by atoms with E-state index in [-0.39, 0.29) is 18.4 Å². The molecule has 8 heteroatoms. The number of anilines is 1. The Labute approximate surface area is 214 Å². The Kier molecular flexibility index (Phi) is 6.61. The van der Waals surface area contributed by atoms with Crippen LogP contribution in [0.5, 0.6) is 11.5 Å². The van der Waals surface area contributed by atoms with Crippen LogP contribution in [-0.2, 0) is 11.2 Å². The molecule has 2 aliphatic heterocycles. The van der Waals surface area contributed by atoms with Gasteiger partial charge in [-0.05, 0) is 68.2 Å². The number of aromatic nitrogens is 1. The molecule has 1 amide bonds. The third-order valence-electron chi connectivity index (χ3n) is 6.90. The highest BCUT2D eigenvalue weighted by Crippen LogP contribution is 2.33. The molecule has 6 rings (SSSR count). The topological polar surface area (TPSA) is 68.0 Å². The van der Waals surface area contributed by atoms with Crippen molar-refractivity contribution in [1.29, 1.82) is 0 Å². The van der Waals surface area contributed by atoms with Crippen molar-refractivity contribution < 1.29 is 18.7 Å². The molecule has 0 bridgehead atoms. The quantitative estimate of drug-likeness (QED) is 0.353. The van der Waals surface area contributed by atoms with Crippen LogP contribution in [0.3, 0.4) is 0 Å². The van der Waals surface area contributed by atoms with Crippen LogP contribution in [0.15, 0.2) is 71.3 Å². The van der Waals surface area contributed by atoms with Crippen molar-refractivity contribution in [3.8, 4) is 11.5 Å². The van der Waals surface area contributed by atoms with Gasteiger partial charge in [0.05, 0.1) is 22.9 Å². The van der Waals surface area contributed by atoms with E-state index in [0.29, 0.717) is 24.8 Å². The summed E-state index contributed by atoms with van der Waals surface area (Å²) < 4.78 is 18.6. The van der Waals surface area contributed by atoms with Crippen LogP contribution in [0.2, 0.25) is 0 Å². The molecule has 1 unspecified atom stereocenters. The number of amides is 1. The van der Waals surface area contributed by atoms with Gasteiger partial charge in [0, 0.05) is 13.1 Å². The van der Waals surface area contributed by atoms with E-state index in [0.717, 1.165) is 59.3 Å². The maximum absolute atomic E-state index is 13.4. The molecule has 0 radical (unpaired) electrons. The first-order valence-electron chi connectivity index (χ1n) is 12.5. The molecular weight excluding hydrogens is 474 g/mol. The Hall–Kier alpha value is -3.36. The van der Waals surface area contributed by atoms with E-state index in [1.165, 1.54) is 0 Å². The van der Waals surface area contributed by atoms with E-state index in [1.807, 2.05) is 59.5 Å². The minimum absolute atomic E-state index is 0.0258. The van der Waals surface area contributed by atoms with Gasteiger partial charge in [0.25, 0.3) is 0 Å². The fourth-order valence-electron chi connectivity index (χ4n) is 4.97. The van der Waals surface area contributed by atoms with Crippen molar-refractivity contribution in [1.82, 2.24) is 9.88 Å². The lowest BCUT2D eigenvalue weighted by molar-refractivity contribution is -0.118. The number of hydrogen-bond acceptors (Lipinski definition) is 7. The Bertz CT molecular complexity index is 1280. The molecule has 4 heterocycles. The Morgan fingerprint density at radius 3 is 2.64 bits per heavy atom. The SMILES string of the molecule is O=C(Cc1ccco1)N(CC1CCN(CC2COc3ccccc3O2)CC1)c1nc2ccccc2s1. The van der Waals surface area contributed by atoms with E-state index in [1.54, 1.807) is 17.6 Å². The van der Waals surface area contributed by atoms with Gasteiger partial charge in [-0.25, -0.2) is 4.98 Å². The molecular formula is C28H29N3O4S.